The van der Waals surface area contributed by atoms with Crippen molar-refractivity contribution < 1.29 is 9.84 Å². The fourth-order valence-corrected chi connectivity index (χ4v) is 2.37. The first kappa shape index (κ1) is 15.0. The molecule has 2 heterocycles. The Balaban J connectivity index is 2.27. The number of nitrogens with one attached hydrogen (secondary N) is 1. The fourth-order valence-electron chi connectivity index (χ4n) is 2.17. The second-order valence-corrected chi connectivity index (χ2v) is 5.20. The first-order chi connectivity index (χ1) is 9.62. The Hall–Kier alpha value is -1.37. The van der Waals surface area contributed by atoms with Crippen molar-refractivity contribution in [3.05, 3.63) is 34.2 Å². The predicted molar refractivity (Wildman–Crippen MR) is 77.2 cm³/mol. The Morgan fingerprint density at radius 2 is 2.30 bits per heavy atom. The molecule has 2 rings (SSSR count). The Labute approximate surface area is 122 Å². The van der Waals surface area contributed by atoms with Crippen molar-refractivity contribution in [2.24, 2.45) is 0 Å². The largest absolute Gasteiger partial charge is 0.394 e. The quantitative estimate of drug-likeness (QED) is 0.794. The molecule has 0 saturated carbocycles. The number of aliphatic hydroxyl groups excluding tert-OH is 1. The van der Waals surface area contributed by atoms with Crippen LogP contribution >= 0.6 is 11.6 Å². The van der Waals surface area contributed by atoms with Crippen LogP contribution in [0.25, 0.3) is 0 Å². The van der Waals surface area contributed by atoms with Crippen molar-refractivity contribution in [3.63, 3.8) is 0 Å². The van der Waals surface area contributed by atoms with Gasteiger partial charge in [-0.05, 0) is 12.8 Å². The molecule has 2 N–H and O–H groups in total. The molecule has 1 fully saturated rings. The Kier molecular flexibility index (Phi) is 4.80. The second kappa shape index (κ2) is 6.39. The van der Waals surface area contributed by atoms with E-state index in [2.05, 4.69) is 17.0 Å². The maximum atomic E-state index is 12.0. The molecule has 0 bridgehead atoms. The van der Waals surface area contributed by atoms with Crippen molar-refractivity contribution in [3.8, 4) is 0 Å². The summed E-state index contributed by atoms with van der Waals surface area (Å²) in [6.07, 6.45) is 4.37. The highest BCUT2D eigenvalue weighted by molar-refractivity contribution is 6.32. The molecule has 0 atom stereocenters. The minimum absolute atomic E-state index is 0.0531. The predicted octanol–water partition coefficient (Wildman–Crippen LogP) is 1.04. The van der Waals surface area contributed by atoms with Crippen LogP contribution in [-0.4, -0.2) is 40.2 Å². The molecule has 1 aliphatic heterocycles. The van der Waals surface area contributed by atoms with Gasteiger partial charge in [-0.25, -0.2) is 4.68 Å². The van der Waals surface area contributed by atoms with Crippen LogP contribution in [0, 0.1) is 0 Å². The highest BCUT2D eigenvalue weighted by Gasteiger charge is 2.32. The fraction of sp³-hybridized carbons (Fsp3) is 0.538. The molecule has 110 valence electrons. The summed E-state index contributed by atoms with van der Waals surface area (Å²) >= 11 is 6.09. The number of hydrogen-bond acceptors (Lipinski definition) is 5. The molecule has 0 spiro atoms. The lowest BCUT2D eigenvalue weighted by molar-refractivity contribution is 0.0380. The van der Waals surface area contributed by atoms with Gasteiger partial charge in [0.15, 0.2) is 0 Å². The monoisotopic (exact) mass is 299 g/mol. The van der Waals surface area contributed by atoms with Crippen LogP contribution in [0.3, 0.4) is 0 Å². The molecule has 20 heavy (non-hydrogen) atoms. The summed E-state index contributed by atoms with van der Waals surface area (Å²) in [6.45, 7) is 4.94. The number of halogens is 1. The molecule has 1 aliphatic rings. The smallest absolute Gasteiger partial charge is 0.287 e. The maximum Gasteiger partial charge on any atom is 0.287 e. The zero-order chi connectivity index (χ0) is 14.6. The molecular formula is C13H18ClN3O3. The van der Waals surface area contributed by atoms with Gasteiger partial charge in [-0.2, -0.15) is 5.10 Å². The van der Waals surface area contributed by atoms with E-state index < -0.39 is 5.54 Å². The number of hydrogen-bond donors (Lipinski definition) is 2. The molecule has 0 radical (unpaired) electrons. The van der Waals surface area contributed by atoms with Gasteiger partial charge in [-0.15, -0.1) is 6.58 Å². The summed E-state index contributed by atoms with van der Waals surface area (Å²) in [5.74, 6) is 0. The summed E-state index contributed by atoms with van der Waals surface area (Å²) in [6, 6.07) is 0. The van der Waals surface area contributed by atoms with E-state index in [9.17, 15) is 9.90 Å². The lowest BCUT2D eigenvalue weighted by atomic mass is 9.91. The normalized spacial score (nSPS) is 17.7. The van der Waals surface area contributed by atoms with E-state index in [1.165, 1.54) is 10.9 Å². The van der Waals surface area contributed by atoms with Crippen LogP contribution in [0.4, 0.5) is 5.69 Å². The van der Waals surface area contributed by atoms with Gasteiger partial charge < -0.3 is 15.2 Å². The van der Waals surface area contributed by atoms with Crippen LogP contribution in [0.5, 0.6) is 0 Å². The summed E-state index contributed by atoms with van der Waals surface area (Å²) in [5, 5.41) is 16.9. The van der Waals surface area contributed by atoms with Crippen LogP contribution in [0.1, 0.15) is 12.8 Å². The van der Waals surface area contributed by atoms with Gasteiger partial charge >= 0.3 is 0 Å². The van der Waals surface area contributed by atoms with Crippen molar-refractivity contribution >= 4 is 17.3 Å². The van der Waals surface area contributed by atoms with Gasteiger partial charge in [0, 0.05) is 13.2 Å². The molecule has 0 aliphatic carbocycles. The molecule has 1 aromatic rings. The van der Waals surface area contributed by atoms with E-state index in [0.29, 0.717) is 38.3 Å². The van der Waals surface area contributed by atoms with Gasteiger partial charge in [0.05, 0.1) is 30.6 Å². The number of ether oxygens (including phenoxy) is 1. The number of nitrogens with zero attached hydrogens (tertiary/aromatic N) is 2. The first-order valence-corrected chi connectivity index (χ1v) is 6.83. The number of allylic oxidation sites excluding steroid dienone is 1. The van der Waals surface area contributed by atoms with Gasteiger partial charge in [0.1, 0.15) is 5.02 Å². The number of rotatable bonds is 5. The highest BCUT2D eigenvalue weighted by atomic mass is 35.5. The number of aromatic nitrogens is 2. The van der Waals surface area contributed by atoms with Gasteiger partial charge in [0.25, 0.3) is 5.56 Å². The molecule has 1 aromatic heterocycles. The molecular weight excluding hydrogens is 282 g/mol. The highest BCUT2D eigenvalue weighted by Crippen LogP contribution is 2.27. The zero-order valence-corrected chi connectivity index (χ0v) is 11.9. The van der Waals surface area contributed by atoms with Crippen LogP contribution < -0.4 is 10.9 Å². The van der Waals surface area contributed by atoms with Crippen LogP contribution in [0.2, 0.25) is 5.02 Å². The van der Waals surface area contributed by atoms with E-state index in [0.717, 1.165) is 0 Å². The molecule has 0 unspecified atom stereocenters. The molecule has 6 nitrogen and oxygen atoms in total. The van der Waals surface area contributed by atoms with E-state index in [4.69, 9.17) is 16.3 Å². The average molecular weight is 300 g/mol. The zero-order valence-electron chi connectivity index (χ0n) is 11.1. The summed E-state index contributed by atoms with van der Waals surface area (Å²) in [4.78, 5) is 12.0. The van der Waals surface area contributed by atoms with Crippen molar-refractivity contribution in [1.82, 2.24) is 9.78 Å². The van der Waals surface area contributed by atoms with E-state index in [1.54, 1.807) is 6.08 Å². The standard InChI is InChI=1S/C13H18ClN3O3/c1-2-5-17-12(19)11(14)10(8-15-17)16-13(9-18)3-6-20-7-4-13/h2,8,16,18H,1,3-7,9H2. The third-order valence-electron chi connectivity index (χ3n) is 3.44. The molecule has 1 saturated heterocycles. The van der Waals surface area contributed by atoms with Crippen molar-refractivity contribution in [2.75, 3.05) is 25.1 Å². The molecule has 0 amide bonds. The molecule has 0 aromatic carbocycles. The van der Waals surface area contributed by atoms with E-state index in [-0.39, 0.29) is 17.2 Å². The maximum absolute atomic E-state index is 12.0. The second-order valence-electron chi connectivity index (χ2n) is 4.82. The lowest BCUT2D eigenvalue weighted by Gasteiger charge is -2.37. The lowest BCUT2D eigenvalue weighted by Crippen LogP contribution is -2.47. The minimum Gasteiger partial charge on any atom is -0.394 e. The third-order valence-corrected chi connectivity index (χ3v) is 3.80. The Bertz CT molecular complexity index is 538. The van der Waals surface area contributed by atoms with Gasteiger partial charge in [-0.1, -0.05) is 17.7 Å². The topological polar surface area (TPSA) is 76.4 Å². The van der Waals surface area contributed by atoms with E-state index in [1.807, 2.05) is 0 Å². The van der Waals surface area contributed by atoms with E-state index >= 15 is 0 Å². The first-order valence-electron chi connectivity index (χ1n) is 6.45. The SMILES string of the molecule is C=CCn1ncc(NC2(CO)CCOCC2)c(Cl)c1=O. The summed E-state index contributed by atoms with van der Waals surface area (Å²) in [7, 11) is 0. The minimum atomic E-state index is -0.513. The van der Waals surface area contributed by atoms with Crippen LogP contribution in [0.15, 0.2) is 23.6 Å². The van der Waals surface area contributed by atoms with Crippen LogP contribution in [-0.2, 0) is 11.3 Å². The van der Waals surface area contributed by atoms with Gasteiger partial charge in [0.2, 0.25) is 0 Å². The number of anilines is 1. The van der Waals surface area contributed by atoms with Crippen molar-refractivity contribution in [1.29, 1.82) is 0 Å². The third kappa shape index (κ3) is 3.03. The number of aliphatic hydroxyl groups is 1. The summed E-state index contributed by atoms with van der Waals surface area (Å²) in [5.41, 5.74) is -0.453. The Morgan fingerprint density at radius 1 is 1.60 bits per heavy atom. The Morgan fingerprint density at radius 3 is 2.90 bits per heavy atom. The van der Waals surface area contributed by atoms with Crippen molar-refractivity contribution in [2.45, 2.75) is 24.9 Å². The average Bonchev–Trinajstić information content (AvgIpc) is 2.48. The van der Waals surface area contributed by atoms with Gasteiger partial charge in [-0.3, -0.25) is 4.79 Å². The molecule has 7 heteroatoms. The summed E-state index contributed by atoms with van der Waals surface area (Å²) < 4.78 is 6.52.